The van der Waals surface area contributed by atoms with Crippen LogP contribution in [0.25, 0.3) is 0 Å². The predicted octanol–water partition coefficient (Wildman–Crippen LogP) is 4.82. The third-order valence-corrected chi connectivity index (χ3v) is 8.13. The van der Waals surface area contributed by atoms with Crippen LogP contribution in [-0.2, 0) is 10.2 Å². The lowest BCUT2D eigenvalue weighted by Crippen LogP contribution is -2.65. The fourth-order valence-corrected chi connectivity index (χ4v) is 7.33. The van der Waals surface area contributed by atoms with Crippen LogP contribution < -0.4 is 5.73 Å². The largest absolute Gasteiger partial charge is 0.369 e. The molecule has 2 atom stereocenters. The van der Waals surface area contributed by atoms with Crippen LogP contribution in [-0.4, -0.2) is 5.91 Å². The van der Waals surface area contributed by atoms with Crippen LogP contribution in [0.1, 0.15) is 70.8 Å². The number of carbonyl (C=O) groups excluding carboxylic acids is 1. The van der Waals surface area contributed by atoms with E-state index >= 15 is 0 Å². The van der Waals surface area contributed by atoms with Crippen molar-refractivity contribution in [3.63, 3.8) is 0 Å². The van der Waals surface area contributed by atoms with Gasteiger partial charge in [-0.3, -0.25) is 4.79 Å². The van der Waals surface area contributed by atoms with Crippen LogP contribution in [0.2, 0.25) is 0 Å². The van der Waals surface area contributed by atoms with Crippen molar-refractivity contribution in [1.82, 2.24) is 0 Å². The summed E-state index contributed by atoms with van der Waals surface area (Å²) in [4.78, 5) is 12.5. The zero-order valence-corrected chi connectivity index (χ0v) is 15.2. The molecule has 2 unspecified atom stereocenters. The standard InChI is InChI=1S/C22H31NO/c1-3-10-22(4-2)17-11-20(16-8-6-5-7-9-16)12-18(22)14-21(13-17,15-20)19(23)24/h5-9,17-18H,3-4,10-15H2,1-2H3,(H2,23,24). The number of amides is 1. The maximum absolute atomic E-state index is 12.5. The Kier molecular flexibility index (Phi) is 3.60. The molecule has 0 spiro atoms. The normalized spacial score (nSPS) is 43.1. The molecule has 1 aromatic carbocycles. The van der Waals surface area contributed by atoms with E-state index in [1.807, 2.05) is 0 Å². The van der Waals surface area contributed by atoms with Crippen molar-refractivity contribution in [2.75, 3.05) is 0 Å². The van der Waals surface area contributed by atoms with Gasteiger partial charge in [0, 0.05) is 0 Å². The summed E-state index contributed by atoms with van der Waals surface area (Å²) >= 11 is 0. The Bertz CT molecular complexity index is 619. The predicted molar refractivity (Wildman–Crippen MR) is 97.4 cm³/mol. The van der Waals surface area contributed by atoms with Gasteiger partial charge >= 0.3 is 0 Å². The van der Waals surface area contributed by atoms with Crippen molar-refractivity contribution < 1.29 is 4.79 Å². The summed E-state index contributed by atoms with van der Waals surface area (Å²) in [5.74, 6) is 1.30. The van der Waals surface area contributed by atoms with Gasteiger partial charge in [-0.05, 0) is 73.2 Å². The van der Waals surface area contributed by atoms with E-state index in [0.29, 0.717) is 17.3 Å². The molecular weight excluding hydrogens is 294 g/mol. The van der Waals surface area contributed by atoms with Gasteiger partial charge in [0.05, 0.1) is 5.41 Å². The molecule has 4 aliphatic carbocycles. The van der Waals surface area contributed by atoms with Crippen molar-refractivity contribution in [2.45, 2.75) is 70.6 Å². The monoisotopic (exact) mass is 325 g/mol. The summed E-state index contributed by atoms with van der Waals surface area (Å²) < 4.78 is 0. The molecule has 130 valence electrons. The molecule has 2 nitrogen and oxygen atoms in total. The molecule has 0 radical (unpaired) electrons. The van der Waals surface area contributed by atoms with Crippen molar-refractivity contribution in [3.8, 4) is 0 Å². The summed E-state index contributed by atoms with van der Waals surface area (Å²) in [5.41, 5.74) is 7.84. The first-order chi connectivity index (χ1) is 11.5. The number of benzene rings is 1. The van der Waals surface area contributed by atoms with Crippen LogP contribution >= 0.6 is 0 Å². The third kappa shape index (κ3) is 1.98. The Balaban J connectivity index is 1.81. The second-order valence-electron chi connectivity index (χ2n) is 9.01. The van der Waals surface area contributed by atoms with E-state index < -0.39 is 0 Å². The minimum atomic E-state index is -0.242. The summed E-state index contributed by atoms with van der Waals surface area (Å²) in [6.07, 6.45) is 9.42. The van der Waals surface area contributed by atoms with E-state index in [1.165, 1.54) is 37.7 Å². The summed E-state index contributed by atoms with van der Waals surface area (Å²) in [6.45, 7) is 4.70. The highest BCUT2D eigenvalue weighted by molar-refractivity contribution is 5.82. The maximum Gasteiger partial charge on any atom is 0.223 e. The lowest BCUT2D eigenvalue weighted by Gasteiger charge is -2.69. The minimum absolute atomic E-state index is 0.0293. The first-order valence-corrected chi connectivity index (χ1v) is 9.86. The summed E-state index contributed by atoms with van der Waals surface area (Å²) in [7, 11) is 0. The van der Waals surface area contributed by atoms with E-state index in [-0.39, 0.29) is 16.7 Å². The van der Waals surface area contributed by atoms with E-state index in [4.69, 9.17) is 5.73 Å². The molecule has 0 aromatic heterocycles. The lowest BCUT2D eigenvalue weighted by molar-refractivity contribution is -0.179. The van der Waals surface area contributed by atoms with Crippen LogP contribution in [0.15, 0.2) is 30.3 Å². The summed E-state index contributed by atoms with van der Waals surface area (Å²) in [6, 6.07) is 11.0. The number of carbonyl (C=O) groups is 1. The molecular formula is C22H31NO. The molecule has 2 heteroatoms. The fourth-order valence-electron chi connectivity index (χ4n) is 7.33. The van der Waals surface area contributed by atoms with Gasteiger partial charge in [0.15, 0.2) is 0 Å². The lowest BCUT2D eigenvalue weighted by atomic mass is 9.35. The molecule has 4 bridgehead atoms. The van der Waals surface area contributed by atoms with Gasteiger partial charge in [-0.25, -0.2) is 0 Å². The molecule has 1 aromatic rings. The Morgan fingerprint density at radius 3 is 2.21 bits per heavy atom. The molecule has 0 saturated heterocycles. The molecule has 0 aliphatic heterocycles. The average molecular weight is 325 g/mol. The SMILES string of the molecule is CCCC1(CC)C2CC3(C(N)=O)CC1CC(c1ccccc1)(C2)C3. The first kappa shape index (κ1) is 16.2. The van der Waals surface area contributed by atoms with Gasteiger partial charge in [0.2, 0.25) is 5.91 Å². The molecule has 24 heavy (non-hydrogen) atoms. The van der Waals surface area contributed by atoms with Gasteiger partial charge in [-0.1, -0.05) is 50.6 Å². The Hall–Kier alpha value is -1.31. The van der Waals surface area contributed by atoms with Gasteiger partial charge in [-0.15, -0.1) is 0 Å². The highest BCUT2D eigenvalue weighted by Crippen LogP contribution is 2.72. The number of rotatable bonds is 5. The van der Waals surface area contributed by atoms with Gasteiger partial charge < -0.3 is 5.73 Å². The quantitative estimate of drug-likeness (QED) is 0.829. The maximum atomic E-state index is 12.5. The zero-order valence-electron chi connectivity index (χ0n) is 15.2. The highest BCUT2D eigenvalue weighted by atomic mass is 16.1. The van der Waals surface area contributed by atoms with E-state index in [9.17, 15) is 4.79 Å². The molecule has 5 rings (SSSR count). The molecule has 1 amide bonds. The molecule has 4 saturated carbocycles. The first-order valence-electron chi connectivity index (χ1n) is 9.86. The van der Waals surface area contributed by atoms with Crippen LogP contribution in [0.5, 0.6) is 0 Å². The number of nitrogens with two attached hydrogens (primary N) is 1. The van der Waals surface area contributed by atoms with Crippen molar-refractivity contribution in [3.05, 3.63) is 35.9 Å². The number of hydrogen-bond donors (Lipinski definition) is 1. The van der Waals surface area contributed by atoms with Gasteiger partial charge in [-0.2, -0.15) is 0 Å². The Labute approximate surface area is 146 Å². The topological polar surface area (TPSA) is 43.1 Å². The molecule has 0 heterocycles. The zero-order chi connectivity index (χ0) is 17.0. The molecule has 2 N–H and O–H groups in total. The third-order valence-electron chi connectivity index (χ3n) is 8.13. The smallest absolute Gasteiger partial charge is 0.223 e. The van der Waals surface area contributed by atoms with E-state index in [2.05, 4.69) is 44.2 Å². The van der Waals surface area contributed by atoms with E-state index in [1.54, 1.807) is 0 Å². The highest BCUT2D eigenvalue weighted by Gasteiger charge is 2.67. The summed E-state index contributed by atoms with van der Waals surface area (Å²) in [5, 5.41) is 0. The Morgan fingerprint density at radius 1 is 1.08 bits per heavy atom. The van der Waals surface area contributed by atoms with Gasteiger partial charge in [0.1, 0.15) is 0 Å². The van der Waals surface area contributed by atoms with Crippen LogP contribution in [0.3, 0.4) is 0 Å². The van der Waals surface area contributed by atoms with Crippen LogP contribution in [0, 0.1) is 22.7 Å². The van der Waals surface area contributed by atoms with Crippen LogP contribution in [0.4, 0.5) is 0 Å². The van der Waals surface area contributed by atoms with Crippen molar-refractivity contribution in [1.29, 1.82) is 0 Å². The average Bonchev–Trinajstić information content (AvgIpc) is 2.58. The van der Waals surface area contributed by atoms with E-state index in [0.717, 1.165) is 19.3 Å². The van der Waals surface area contributed by atoms with Gasteiger partial charge in [0.25, 0.3) is 0 Å². The fraction of sp³-hybridized carbons (Fsp3) is 0.682. The van der Waals surface area contributed by atoms with Crippen molar-refractivity contribution in [2.24, 2.45) is 28.4 Å². The Morgan fingerprint density at radius 2 is 1.71 bits per heavy atom. The second kappa shape index (κ2) is 5.34. The van der Waals surface area contributed by atoms with Crippen molar-refractivity contribution >= 4 is 5.91 Å². The second-order valence-corrected chi connectivity index (χ2v) is 9.01. The number of hydrogen-bond acceptors (Lipinski definition) is 1. The minimum Gasteiger partial charge on any atom is -0.369 e. The molecule has 4 fully saturated rings. The molecule has 4 aliphatic rings. The number of primary amides is 1.